The van der Waals surface area contributed by atoms with Crippen molar-refractivity contribution < 1.29 is 27.6 Å². The van der Waals surface area contributed by atoms with Crippen molar-refractivity contribution in [3.05, 3.63) is 36.9 Å². The first-order valence-electron chi connectivity index (χ1n) is 8.09. The summed E-state index contributed by atoms with van der Waals surface area (Å²) in [7, 11) is 0. The number of rotatable bonds is 6. The van der Waals surface area contributed by atoms with Crippen LogP contribution in [0.5, 0.6) is 0 Å². The summed E-state index contributed by atoms with van der Waals surface area (Å²) in [5.41, 5.74) is 0.890. The molecular weight excluding hydrogens is 365 g/mol. The quantitative estimate of drug-likeness (QED) is 0.658. The highest BCUT2D eigenvalue weighted by molar-refractivity contribution is 5.97. The lowest BCUT2D eigenvalue weighted by molar-refractivity contribution is -0.157. The lowest BCUT2D eigenvalue weighted by Gasteiger charge is -2.18. The Morgan fingerprint density at radius 2 is 1.78 bits per heavy atom. The Labute approximate surface area is 153 Å². The number of nitrogens with one attached hydrogen (secondary N) is 3. The summed E-state index contributed by atoms with van der Waals surface area (Å²) in [6.45, 7) is 2.16. The number of alkyl halides is 3. The monoisotopic (exact) mass is 384 g/mol. The highest BCUT2D eigenvalue weighted by atomic mass is 19.4. The molecule has 0 bridgehead atoms. The van der Waals surface area contributed by atoms with E-state index in [4.69, 9.17) is 0 Å². The molecule has 7 nitrogen and oxygen atoms in total. The molecule has 0 radical (unpaired) electrons. The van der Waals surface area contributed by atoms with E-state index in [1.807, 2.05) is 0 Å². The summed E-state index contributed by atoms with van der Waals surface area (Å²) < 4.78 is 37.3. The van der Waals surface area contributed by atoms with E-state index in [0.29, 0.717) is 22.8 Å². The summed E-state index contributed by atoms with van der Waals surface area (Å²) in [4.78, 5) is 36.0. The molecule has 4 amide bonds. The summed E-state index contributed by atoms with van der Waals surface area (Å²) in [6.07, 6.45) is -3.23. The second kappa shape index (κ2) is 8.56. The molecule has 1 unspecified atom stereocenters. The van der Waals surface area contributed by atoms with Crippen molar-refractivity contribution >= 4 is 29.2 Å². The number of likely N-dealkylation sites (tertiary alicyclic amines) is 1. The molecule has 1 aromatic rings. The van der Waals surface area contributed by atoms with Gasteiger partial charge in [-0.25, -0.2) is 4.79 Å². The van der Waals surface area contributed by atoms with Crippen LogP contribution < -0.4 is 16.0 Å². The molecule has 2 rings (SSSR count). The van der Waals surface area contributed by atoms with Crippen molar-refractivity contribution in [1.29, 1.82) is 0 Å². The molecule has 27 heavy (non-hydrogen) atoms. The van der Waals surface area contributed by atoms with Crippen LogP contribution in [0, 0.1) is 5.92 Å². The number of urea groups is 1. The van der Waals surface area contributed by atoms with E-state index in [-0.39, 0.29) is 13.0 Å². The van der Waals surface area contributed by atoms with Gasteiger partial charge in [0.05, 0.1) is 5.92 Å². The van der Waals surface area contributed by atoms with E-state index >= 15 is 0 Å². The number of carbonyl (C=O) groups excluding carboxylic acids is 3. The first kappa shape index (κ1) is 20.3. The molecule has 146 valence electrons. The standard InChI is InChI=1S/C17H19F3N4O3/c1-2-7-21-16(27)23-13-5-3-12(4-6-13)22-15(26)11-8-14(25)24(9-11)10-17(18,19)20/h2-6,11H,1,7-10H2,(H,22,26)(H2,21,23,27). The molecule has 0 aromatic heterocycles. The molecule has 1 heterocycles. The van der Waals surface area contributed by atoms with Gasteiger partial charge in [-0.2, -0.15) is 13.2 Å². The Bertz CT molecular complexity index is 719. The number of nitrogens with zero attached hydrogens (tertiary/aromatic N) is 1. The second-order valence-corrected chi connectivity index (χ2v) is 5.98. The normalized spacial score (nSPS) is 16.8. The minimum absolute atomic E-state index is 0.259. The number of benzene rings is 1. The van der Waals surface area contributed by atoms with Crippen molar-refractivity contribution in [2.75, 3.05) is 30.3 Å². The number of hydrogen-bond acceptors (Lipinski definition) is 3. The average molecular weight is 384 g/mol. The molecule has 1 aromatic carbocycles. The summed E-state index contributed by atoms with van der Waals surface area (Å²) in [5.74, 6) is -2.07. The third-order valence-electron chi connectivity index (χ3n) is 3.77. The zero-order valence-corrected chi connectivity index (χ0v) is 14.3. The minimum Gasteiger partial charge on any atom is -0.334 e. The number of halogens is 3. The third kappa shape index (κ3) is 6.32. The van der Waals surface area contributed by atoms with Crippen LogP contribution in [0.2, 0.25) is 0 Å². The number of amides is 4. The van der Waals surface area contributed by atoms with Crippen LogP contribution in [0.25, 0.3) is 0 Å². The van der Waals surface area contributed by atoms with Crippen LogP contribution in [-0.4, -0.2) is 48.6 Å². The van der Waals surface area contributed by atoms with Gasteiger partial charge in [0.2, 0.25) is 11.8 Å². The molecule has 10 heteroatoms. The summed E-state index contributed by atoms with van der Waals surface area (Å²) in [6, 6.07) is 5.76. The topological polar surface area (TPSA) is 90.5 Å². The predicted molar refractivity (Wildman–Crippen MR) is 93.0 cm³/mol. The molecule has 1 aliphatic rings. The van der Waals surface area contributed by atoms with Crippen molar-refractivity contribution in [1.82, 2.24) is 10.2 Å². The maximum Gasteiger partial charge on any atom is 0.406 e. The molecule has 3 N–H and O–H groups in total. The van der Waals surface area contributed by atoms with Crippen molar-refractivity contribution in [3.8, 4) is 0 Å². The van der Waals surface area contributed by atoms with Crippen LogP contribution in [0.1, 0.15) is 6.42 Å². The van der Waals surface area contributed by atoms with Gasteiger partial charge in [0.1, 0.15) is 6.54 Å². The van der Waals surface area contributed by atoms with Gasteiger partial charge in [0.25, 0.3) is 0 Å². The van der Waals surface area contributed by atoms with Gasteiger partial charge >= 0.3 is 12.2 Å². The smallest absolute Gasteiger partial charge is 0.334 e. The van der Waals surface area contributed by atoms with Gasteiger partial charge in [-0.1, -0.05) is 6.08 Å². The van der Waals surface area contributed by atoms with E-state index in [1.165, 1.54) is 18.2 Å². The largest absolute Gasteiger partial charge is 0.406 e. The SMILES string of the molecule is C=CCNC(=O)Nc1ccc(NC(=O)C2CC(=O)N(CC(F)(F)F)C2)cc1. The van der Waals surface area contributed by atoms with Crippen LogP contribution in [0.3, 0.4) is 0 Å². The zero-order chi connectivity index (χ0) is 20.0. The molecule has 1 fully saturated rings. The van der Waals surface area contributed by atoms with Crippen LogP contribution in [0.15, 0.2) is 36.9 Å². The maximum atomic E-state index is 12.4. The molecule has 1 atom stereocenters. The summed E-state index contributed by atoms with van der Waals surface area (Å²) >= 11 is 0. The van der Waals surface area contributed by atoms with Gasteiger partial charge < -0.3 is 20.9 Å². The highest BCUT2D eigenvalue weighted by Gasteiger charge is 2.40. The lowest BCUT2D eigenvalue weighted by atomic mass is 10.1. The van der Waals surface area contributed by atoms with Crippen LogP contribution in [0.4, 0.5) is 29.3 Å². The maximum absolute atomic E-state index is 12.4. The number of carbonyl (C=O) groups is 3. The molecular formula is C17H19F3N4O3. The molecule has 0 saturated carbocycles. The summed E-state index contributed by atoms with van der Waals surface area (Å²) in [5, 5.41) is 7.67. The highest BCUT2D eigenvalue weighted by Crippen LogP contribution is 2.25. The first-order chi connectivity index (χ1) is 12.7. The van der Waals surface area contributed by atoms with E-state index in [1.54, 1.807) is 12.1 Å². The van der Waals surface area contributed by atoms with E-state index in [0.717, 1.165) is 0 Å². The molecule has 0 aliphatic carbocycles. The Morgan fingerprint density at radius 1 is 1.19 bits per heavy atom. The first-order valence-corrected chi connectivity index (χ1v) is 8.09. The van der Waals surface area contributed by atoms with E-state index in [2.05, 4.69) is 22.5 Å². The van der Waals surface area contributed by atoms with Crippen molar-refractivity contribution in [2.24, 2.45) is 5.92 Å². The molecule has 1 saturated heterocycles. The Hall–Kier alpha value is -3.04. The van der Waals surface area contributed by atoms with E-state index in [9.17, 15) is 27.6 Å². The fourth-order valence-corrected chi connectivity index (χ4v) is 2.54. The van der Waals surface area contributed by atoms with Crippen LogP contribution >= 0.6 is 0 Å². The van der Waals surface area contributed by atoms with Gasteiger partial charge in [-0.05, 0) is 24.3 Å². The fraction of sp³-hybridized carbons (Fsp3) is 0.353. The van der Waals surface area contributed by atoms with E-state index < -0.39 is 36.5 Å². The molecule has 1 aliphatic heterocycles. The van der Waals surface area contributed by atoms with Gasteiger partial charge in [0, 0.05) is 30.9 Å². The Kier molecular flexibility index (Phi) is 6.43. The van der Waals surface area contributed by atoms with Crippen LogP contribution in [-0.2, 0) is 9.59 Å². The minimum atomic E-state index is -4.50. The fourth-order valence-electron chi connectivity index (χ4n) is 2.54. The van der Waals surface area contributed by atoms with Gasteiger partial charge in [0.15, 0.2) is 0 Å². The zero-order valence-electron chi connectivity index (χ0n) is 14.3. The Balaban J connectivity index is 1.88. The van der Waals surface area contributed by atoms with Gasteiger partial charge in [-0.3, -0.25) is 9.59 Å². The number of hydrogen-bond donors (Lipinski definition) is 3. The Morgan fingerprint density at radius 3 is 2.33 bits per heavy atom. The average Bonchev–Trinajstić information content (AvgIpc) is 2.94. The second-order valence-electron chi connectivity index (χ2n) is 5.98. The lowest BCUT2D eigenvalue weighted by Crippen LogP contribution is -2.36. The van der Waals surface area contributed by atoms with Crippen molar-refractivity contribution in [3.63, 3.8) is 0 Å². The third-order valence-corrected chi connectivity index (χ3v) is 3.77. The van der Waals surface area contributed by atoms with Crippen molar-refractivity contribution in [2.45, 2.75) is 12.6 Å². The van der Waals surface area contributed by atoms with Gasteiger partial charge in [-0.15, -0.1) is 6.58 Å². The number of anilines is 2. The predicted octanol–water partition coefficient (Wildman–Crippen LogP) is 2.34. The molecule has 0 spiro atoms.